The van der Waals surface area contributed by atoms with Gasteiger partial charge >= 0.3 is 0 Å². The molecule has 3 fully saturated rings. The zero-order valence-electron chi connectivity index (χ0n) is 15.6. The first-order valence-electron chi connectivity index (χ1n) is 10.8. The van der Waals surface area contributed by atoms with E-state index in [1.165, 1.54) is 96.3 Å². The average Bonchev–Trinajstić information content (AvgIpc) is 2.58. The van der Waals surface area contributed by atoms with Crippen LogP contribution in [0.3, 0.4) is 0 Å². The molecular formula is C22H42. The lowest BCUT2D eigenvalue weighted by atomic mass is 9.74. The van der Waals surface area contributed by atoms with Crippen LogP contribution in [-0.4, -0.2) is 0 Å². The molecule has 3 saturated carbocycles. The summed E-state index contributed by atoms with van der Waals surface area (Å²) < 4.78 is 0. The second kappa shape index (κ2) is 10.7. The zero-order chi connectivity index (χ0) is 15.6. The summed E-state index contributed by atoms with van der Waals surface area (Å²) in [6.45, 7) is 4.89. The fourth-order valence-corrected chi connectivity index (χ4v) is 5.15. The fraction of sp³-hybridized carbons (Fsp3) is 1.00. The van der Waals surface area contributed by atoms with Gasteiger partial charge in [0.1, 0.15) is 0 Å². The molecule has 0 spiro atoms. The third kappa shape index (κ3) is 7.05. The highest BCUT2D eigenvalue weighted by Gasteiger charge is 2.23. The SMILES string of the molecule is CC(CC1CCCCC1)C1CCCCC1.CC1CCCCC1. The van der Waals surface area contributed by atoms with Crippen LogP contribution in [0, 0.1) is 23.7 Å². The summed E-state index contributed by atoms with van der Waals surface area (Å²) in [7, 11) is 0. The minimum absolute atomic E-state index is 1.02. The van der Waals surface area contributed by atoms with E-state index in [0.717, 1.165) is 23.7 Å². The van der Waals surface area contributed by atoms with Crippen LogP contribution in [0.25, 0.3) is 0 Å². The Morgan fingerprint density at radius 2 is 1.09 bits per heavy atom. The van der Waals surface area contributed by atoms with Crippen LogP contribution in [0.5, 0.6) is 0 Å². The molecule has 130 valence electrons. The third-order valence-corrected chi connectivity index (χ3v) is 6.78. The van der Waals surface area contributed by atoms with Gasteiger partial charge in [-0.1, -0.05) is 110 Å². The highest BCUT2D eigenvalue weighted by atomic mass is 14.3. The van der Waals surface area contributed by atoms with E-state index in [2.05, 4.69) is 13.8 Å². The van der Waals surface area contributed by atoms with Crippen molar-refractivity contribution in [2.45, 2.75) is 117 Å². The van der Waals surface area contributed by atoms with Gasteiger partial charge in [-0.05, 0) is 30.1 Å². The van der Waals surface area contributed by atoms with Crippen molar-refractivity contribution in [3.05, 3.63) is 0 Å². The van der Waals surface area contributed by atoms with Gasteiger partial charge in [0.15, 0.2) is 0 Å². The van der Waals surface area contributed by atoms with Crippen LogP contribution >= 0.6 is 0 Å². The topological polar surface area (TPSA) is 0 Å². The van der Waals surface area contributed by atoms with Crippen LogP contribution in [-0.2, 0) is 0 Å². The van der Waals surface area contributed by atoms with Crippen LogP contribution in [0.4, 0.5) is 0 Å². The highest BCUT2D eigenvalue weighted by Crippen LogP contribution is 2.36. The Morgan fingerprint density at radius 1 is 0.636 bits per heavy atom. The minimum atomic E-state index is 1.02. The van der Waals surface area contributed by atoms with Crippen LogP contribution in [0.2, 0.25) is 0 Å². The van der Waals surface area contributed by atoms with Gasteiger partial charge in [0.05, 0.1) is 0 Å². The number of rotatable bonds is 3. The number of hydrogen-bond donors (Lipinski definition) is 0. The smallest absolute Gasteiger partial charge is 0.0388 e. The second-order valence-electron chi connectivity index (χ2n) is 8.86. The van der Waals surface area contributed by atoms with E-state index in [9.17, 15) is 0 Å². The first-order valence-corrected chi connectivity index (χ1v) is 10.8. The molecule has 22 heavy (non-hydrogen) atoms. The summed E-state index contributed by atoms with van der Waals surface area (Å²) in [5, 5.41) is 0. The Kier molecular flexibility index (Phi) is 8.93. The van der Waals surface area contributed by atoms with Gasteiger partial charge in [0.2, 0.25) is 0 Å². The van der Waals surface area contributed by atoms with Gasteiger partial charge < -0.3 is 0 Å². The number of hydrogen-bond acceptors (Lipinski definition) is 0. The summed E-state index contributed by atoms with van der Waals surface area (Å²) in [5.41, 5.74) is 0. The maximum absolute atomic E-state index is 2.53. The lowest BCUT2D eigenvalue weighted by Crippen LogP contribution is -2.19. The molecule has 0 aromatic carbocycles. The Morgan fingerprint density at radius 3 is 1.55 bits per heavy atom. The summed E-state index contributed by atoms with van der Waals surface area (Å²) in [6, 6.07) is 0. The lowest BCUT2D eigenvalue weighted by Gasteiger charge is -2.31. The summed E-state index contributed by atoms with van der Waals surface area (Å²) in [6.07, 6.45) is 24.2. The molecule has 0 radical (unpaired) electrons. The van der Waals surface area contributed by atoms with Crippen molar-refractivity contribution >= 4 is 0 Å². The van der Waals surface area contributed by atoms with E-state index in [1.54, 1.807) is 6.42 Å². The first-order chi connectivity index (χ1) is 10.8. The molecule has 0 bridgehead atoms. The standard InChI is InChI=1S/C15H28.C7H14/c1-13(15-10-6-3-7-11-15)12-14-8-4-2-5-9-14;1-7-5-3-2-4-6-7/h13-15H,2-12H2,1H3;7H,2-6H2,1H3. The molecule has 0 heteroatoms. The molecule has 3 aliphatic carbocycles. The van der Waals surface area contributed by atoms with E-state index in [4.69, 9.17) is 0 Å². The molecule has 0 saturated heterocycles. The molecule has 0 N–H and O–H groups in total. The van der Waals surface area contributed by atoms with Crippen molar-refractivity contribution in [1.29, 1.82) is 0 Å². The van der Waals surface area contributed by atoms with Crippen LogP contribution in [0.15, 0.2) is 0 Å². The van der Waals surface area contributed by atoms with Crippen molar-refractivity contribution < 1.29 is 0 Å². The molecule has 1 unspecified atom stereocenters. The van der Waals surface area contributed by atoms with Gasteiger partial charge in [-0.25, -0.2) is 0 Å². The van der Waals surface area contributed by atoms with Gasteiger partial charge in [-0.2, -0.15) is 0 Å². The lowest BCUT2D eigenvalue weighted by molar-refractivity contribution is 0.203. The van der Waals surface area contributed by atoms with Crippen molar-refractivity contribution in [2.24, 2.45) is 23.7 Å². The summed E-state index contributed by atoms with van der Waals surface area (Å²) in [5.74, 6) is 4.23. The van der Waals surface area contributed by atoms with Crippen molar-refractivity contribution in [1.82, 2.24) is 0 Å². The van der Waals surface area contributed by atoms with E-state index in [1.807, 2.05) is 0 Å². The van der Waals surface area contributed by atoms with E-state index < -0.39 is 0 Å². The van der Waals surface area contributed by atoms with E-state index in [0.29, 0.717) is 0 Å². The molecule has 0 nitrogen and oxygen atoms in total. The Bertz CT molecular complexity index is 251. The minimum Gasteiger partial charge on any atom is -0.0625 e. The maximum Gasteiger partial charge on any atom is -0.0388 e. The zero-order valence-corrected chi connectivity index (χ0v) is 15.6. The maximum atomic E-state index is 2.53. The van der Waals surface area contributed by atoms with Gasteiger partial charge in [0.25, 0.3) is 0 Å². The predicted octanol–water partition coefficient (Wildman–Crippen LogP) is 7.76. The highest BCUT2D eigenvalue weighted by molar-refractivity contribution is 4.75. The molecule has 3 aliphatic rings. The quantitative estimate of drug-likeness (QED) is 0.499. The first kappa shape index (κ1) is 18.3. The Labute approximate surface area is 140 Å². The molecule has 0 aromatic heterocycles. The third-order valence-electron chi connectivity index (χ3n) is 6.78. The fourth-order valence-electron chi connectivity index (χ4n) is 5.15. The normalized spacial score (nSPS) is 27.0. The Hall–Kier alpha value is 0. The molecule has 0 aromatic rings. The summed E-state index contributed by atoms with van der Waals surface area (Å²) >= 11 is 0. The van der Waals surface area contributed by atoms with Crippen LogP contribution in [0.1, 0.15) is 117 Å². The van der Waals surface area contributed by atoms with Gasteiger partial charge in [0, 0.05) is 0 Å². The molecule has 0 aliphatic heterocycles. The average molecular weight is 307 g/mol. The van der Waals surface area contributed by atoms with Crippen LogP contribution < -0.4 is 0 Å². The Balaban J connectivity index is 0.000000211. The van der Waals surface area contributed by atoms with Crippen molar-refractivity contribution in [3.8, 4) is 0 Å². The predicted molar refractivity (Wildman–Crippen MR) is 99.2 cm³/mol. The summed E-state index contributed by atoms with van der Waals surface area (Å²) in [4.78, 5) is 0. The van der Waals surface area contributed by atoms with E-state index in [-0.39, 0.29) is 0 Å². The van der Waals surface area contributed by atoms with Crippen molar-refractivity contribution in [3.63, 3.8) is 0 Å². The van der Waals surface area contributed by atoms with E-state index >= 15 is 0 Å². The van der Waals surface area contributed by atoms with Gasteiger partial charge in [-0.3, -0.25) is 0 Å². The molecular weight excluding hydrogens is 264 g/mol. The van der Waals surface area contributed by atoms with Gasteiger partial charge in [-0.15, -0.1) is 0 Å². The molecule has 1 atom stereocenters. The van der Waals surface area contributed by atoms with Crippen molar-refractivity contribution in [2.75, 3.05) is 0 Å². The molecule has 0 amide bonds. The monoisotopic (exact) mass is 306 g/mol. The molecule has 0 heterocycles. The molecule has 3 rings (SSSR count). The second-order valence-corrected chi connectivity index (χ2v) is 8.86. The largest absolute Gasteiger partial charge is 0.0625 e.